The number of hydrogen-bond donors (Lipinski definition) is 1. The van der Waals surface area contributed by atoms with E-state index in [1.54, 1.807) is 0 Å². The Labute approximate surface area is 116 Å². The first kappa shape index (κ1) is 17.6. The molecular weight excluding hydrogens is 244 g/mol. The van der Waals surface area contributed by atoms with Crippen LogP contribution < -0.4 is 0 Å². The van der Waals surface area contributed by atoms with E-state index in [1.807, 2.05) is 20.8 Å². The topological polar surface area (TPSA) is 47.9 Å². The van der Waals surface area contributed by atoms with Gasteiger partial charge < -0.3 is 19.3 Å². The van der Waals surface area contributed by atoms with Gasteiger partial charge in [-0.05, 0) is 11.8 Å². The fraction of sp³-hybridized carbons (Fsp3) is 0.600. The Kier molecular flexibility index (Phi) is 8.00. The molecule has 3 atom stereocenters. The minimum absolute atomic E-state index is 0.0276. The Morgan fingerprint density at radius 3 is 2.05 bits per heavy atom. The summed E-state index contributed by atoms with van der Waals surface area (Å²) in [6.45, 7) is 16.9. The van der Waals surface area contributed by atoms with Gasteiger partial charge in [0.05, 0.1) is 24.9 Å². The molecule has 110 valence electrons. The van der Waals surface area contributed by atoms with E-state index < -0.39 is 18.3 Å². The van der Waals surface area contributed by atoms with Crippen molar-refractivity contribution in [3.63, 3.8) is 0 Å². The lowest BCUT2D eigenvalue weighted by Gasteiger charge is -2.32. The third-order valence-corrected chi connectivity index (χ3v) is 2.47. The van der Waals surface area contributed by atoms with Gasteiger partial charge in [0.2, 0.25) is 0 Å². The van der Waals surface area contributed by atoms with Gasteiger partial charge in [0.15, 0.2) is 12.2 Å². The Bertz CT molecular complexity index is 280. The van der Waals surface area contributed by atoms with Crippen LogP contribution in [0.2, 0.25) is 0 Å². The monoisotopic (exact) mass is 270 g/mol. The molecule has 0 aliphatic carbocycles. The van der Waals surface area contributed by atoms with Crippen molar-refractivity contribution >= 4 is 0 Å². The molecule has 0 aromatic rings. The van der Waals surface area contributed by atoms with Crippen LogP contribution in [0.4, 0.5) is 0 Å². The Morgan fingerprint density at radius 1 is 1.05 bits per heavy atom. The second-order valence-corrected chi connectivity index (χ2v) is 5.44. The van der Waals surface area contributed by atoms with E-state index in [9.17, 15) is 5.11 Å². The zero-order valence-electron chi connectivity index (χ0n) is 12.2. The van der Waals surface area contributed by atoms with Crippen molar-refractivity contribution < 1.29 is 19.3 Å². The van der Waals surface area contributed by atoms with Crippen molar-refractivity contribution in [1.29, 1.82) is 0 Å². The molecule has 1 unspecified atom stereocenters. The molecule has 0 amide bonds. The molecule has 4 nitrogen and oxygen atoms in total. The van der Waals surface area contributed by atoms with Crippen LogP contribution in [0.1, 0.15) is 27.2 Å². The van der Waals surface area contributed by atoms with Crippen LogP contribution in [0.15, 0.2) is 38.5 Å². The first-order valence-corrected chi connectivity index (χ1v) is 6.29. The van der Waals surface area contributed by atoms with Gasteiger partial charge in [-0.1, -0.05) is 40.5 Å². The highest BCUT2D eigenvalue weighted by Crippen LogP contribution is 2.25. The lowest BCUT2D eigenvalue weighted by atomic mass is 9.86. The van der Waals surface area contributed by atoms with E-state index in [1.165, 1.54) is 18.8 Å². The number of rotatable bonds is 10. The Morgan fingerprint density at radius 2 is 1.63 bits per heavy atom. The van der Waals surface area contributed by atoms with Gasteiger partial charge >= 0.3 is 0 Å². The second kappa shape index (κ2) is 8.64. The van der Waals surface area contributed by atoms with Gasteiger partial charge in [-0.3, -0.25) is 0 Å². The Hall–Kier alpha value is -1.42. The summed E-state index contributed by atoms with van der Waals surface area (Å²) in [4.78, 5) is 0. The average Bonchev–Trinajstić information content (AvgIpc) is 2.29. The maximum Gasteiger partial charge on any atom is 0.171 e. The van der Waals surface area contributed by atoms with Gasteiger partial charge in [0, 0.05) is 0 Å². The molecule has 0 radical (unpaired) electrons. The van der Waals surface area contributed by atoms with Crippen molar-refractivity contribution in [3.05, 3.63) is 38.5 Å². The summed E-state index contributed by atoms with van der Waals surface area (Å²) in [5.74, 6) is 0. The van der Waals surface area contributed by atoms with Crippen molar-refractivity contribution in [2.45, 2.75) is 45.5 Å². The minimum atomic E-state index is -0.698. The normalized spacial score (nSPS) is 15.8. The molecule has 0 aliphatic heterocycles. The summed E-state index contributed by atoms with van der Waals surface area (Å²) >= 11 is 0. The highest BCUT2D eigenvalue weighted by molar-refractivity contribution is 4.85. The zero-order valence-corrected chi connectivity index (χ0v) is 12.2. The van der Waals surface area contributed by atoms with Gasteiger partial charge in [-0.15, -0.1) is 0 Å². The first-order chi connectivity index (χ1) is 8.85. The third-order valence-electron chi connectivity index (χ3n) is 2.47. The van der Waals surface area contributed by atoms with Crippen LogP contribution in [0.3, 0.4) is 0 Å². The smallest absolute Gasteiger partial charge is 0.171 e. The molecule has 0 heterocycles. The molecule has 0 aromatic carbocycles. The molecule has 0 rings (SSSR count). The van der Waals surface area contributed by atoms with Crippen LogP contribution in [0.25, 0.3) is 0 Å². The van der Waals surface area contributed by atoms with Crippen LogP contribution in [0.5, 0.6) is 0 Å². The molecule has 0 spiro atoms. The number of ether oxygens (including phenoxy) is 3. The molecule has 1 N–H and O–H groups in total. The summed E-state index contributed by atoms with van der Waals surface area (Å²) < 4.78 is 15.9. The highest BCUT2D eigenvalue weighted by atomic mass is 16.6. The molecular formula is C15H26O4. The number of aliphatic hydroxyl groups excluding tert-OH is 1. The summed E-state index contributed by atoms with van der Waals surface area (Å²) in [7, 11) is 0. The highest BCUT2D eigenvalue weighted by Gasteiger charge is 2.33. The predicted octanol–water partition coefficient (Wildman–Crippen LogP) is 3.00. The fourth-order valence-electron chi connectivity index (χ4n) is 1.78. The van der Waals surface area contributed by atoms with E-state index in [-0.39, 0.29) is 12.0 Å². The predicted molar refractivity (Wildman–Crippen MR) is 76.4 cm³/mol. The molecule has 19 heavy (non-hydrogen) atoms. The SMILES string of the molecule is C=COC[C@@H](OC=C)[C@@H](OC=C)C(O)CC(C)(C)C. The maximum absolute atomic E-state index is 10.3. The van der Waals surface area contributed by atoms with E-state index in [0.717, 1.165) is 0 Å². The zero-order chi connectivity index (χ0) is 14.9. The van der Waals surface area contributed by atoms with Crippen LogP contribution in [-0.4, -0.2) is 30.0 Å². The van der Waals surface area contributed by atoms with Crippen LogP contribution >= 0.6 is 0 Å². The van der Waals surface area contributed by atoms with Gasteiger partial charge in [0.25, 0.3) is 0 Å². The lowest BCUT2D eigenvalue weighted by molar-refractivity contribution is -0.0962. The van der Waals surface area contributed by atoms with E-state index in [0.29, 0.717) is 6.42 Å². The largest absolute Gasteiger partial charge is 0.498 e. The van der Waals surface area contributed by atoms with Crippen molar-refractivity contribution in [2.24, 2.45) is 5.41 Å². The first-order valence-electron chi connectivity index (χ1n) is 6.29. The van der Waals surface area contributed by atoms with Gasteiger partial charge in [-0.25, -0.2) is 0 Å². The lowest BCUT2D eigenvalue weighted by Crippen LogP contribution is -2.43. The van der Waals surface area contributed by atoms with Crippen molar-refractivity contribution in [3.8, 4) is 0 Å². The molecule has 0 saturated carbocycles. The van der Waals surface area contributed by atoms with Crippen LogP contribution in [0, 0.1) is 5.41 Å². The van der Waals surface area contributed by atoms with E-state index in [2.05, 4.69) is 19.7 Å². The quantitative estimate of drug-likeness (QED) is 0.620. The van der Waals surface area contributed by atoms with E-state index in [4.69, 9.17) is 14.2 Å². The molecule has 0 fully saturated rings. The fourth-order valence-corrected chi connectivity index (χ4v) is 1.78. The van der Waals surface area contributed by atoms with Gasteiger partial charge in [0.1, 0.15) is 6.61 Å². The summed E-state index contributed by atoms with van der Waals surface area (Å²) in [5, 5.41) is 10.3. The molecule has 0 bridgehead atoms. The summed E-state index contributed by atoms with van der Waals surface area (Å²) in [6.07, 6.45) is 2.73. The number of hydrogen-bond acceptors (Lipinski definition) is 4. The Balaban J connectivity index is 4.83. The minimum Gasteiger partial charge on any atom is -0.498 e. The van der Waals surface area contributed by atoms with Crippen LogP contribution in [-0.2, 0) is 14.2 Å². The average molecular weight is 270 g/mol. The molecule has 0 saturated heterocycles. The maximum atomic E-state index is 10.3. The molecule has 4 heteroatoms. The molecule has 0 aliphatic rings. The van der Waals surface area contributed by atoms with Gasteiger partial charge in [-0.2, -0.15) is 0 Å². The third kappa shape index (κ3) is 7.57. The standard InChI is InChI=1S/C15H26O4/c1-7-17-11-13(18-8-2)14(19-9-3)12(16)10-15(4,5)6/h7-9,12-14,16H,1-3,10-11H2,4-6H3/t12?,13-,14+/m1/s1. The molecule has 0 aromatic heterocycles. The van der Waals surface area contributed by atoms with E-state index >= 15 is 0 Å². The van der Waals surface area contributed by atoms with Crippen molar-refractivity contribution in [2.75, 3.05) is 6.61 Å². The summed E-state index contributed by atoms with van der Waals surface area (Å²) in [5.41, 5.74) is -0.0276. The second-order valence-electron chi connectivity index (χ2n) is 5.44. The summed E-state index contributed by atoms with van der Waals surface area (Å²) in [6, 6.07) is 0. The number of aliphatic hydroxyl groups is 1. The van der Waals surface area contributed by atoms with Crippen molar-refractivity contribution in [1.82, 2.24) is 0 Å².